The molecule has 0 aliphatic heterocycles. The van der Waals surface area contributed by atoms with Gasteiger partial charge < -0.3 is 4.74 Å². The van der Waals surface area contributed by atoms with Crippen molar-refractivity contribution in [3.63, 3.8) is 0 Å². The third-order valence-electron chi connectivity index (χ3n) is 2.61. The van der Waals surface area contributed by atoms with Crippen molar-refractivity contribution in [2.75, 3.05) is 11.8 Å². The maximum absolute atomic E-state index is 12.4. The van der Waals surface area contributed by atoms with Gasteiger partial charge in [0.05, 0.1) is 12.0 Å². The van der Waals surface area contributed by atoms with Gasteiger partial charge in [-0.2, -0.15) is 4.98 Å². The smallest absolute Gasteiger partial charge is 0.264 e. The van der Waals surface area contributed by atoms with Crippen LogP contribution >= 0.6 is 23.2 Å². The number of sulfonamides is 1. The van der Waals surface area contributed by atoms with E-state index in [0.717, 1.165) is 0 Å². The third kappa shape index (κ3) is 3.55. The number of methoxy groups -OCH3 is 1. The highest BCUT2D eigenvalue weighted by Gasteiger charge is 2.20. The molecule has 6 nitrogen and oxygen atoms in total. The van der Waals surface area contributed by atoms with Crippen molar-refractivity contribution in [1.29, 1.82) is 0 Å². The molecule has 9 heteroatoms. The molecule has 1 heterocycles. The first-order chi connectivity index (χ1) is 9.83. The van der Waals surface area contributed by atoms with Crippen molar-refractivity contribution in [2.45, 2.75) is 11.8 Å². The Labute approximate surface area is 132 Å². The fraction of sp³-hybridized carbons (Fsp3) is 0.167. The van der Waals surface area contributed by atoms with Gasteiger partial charge in [0.15, 0.2) is 0 Å². The monoisotopic (exact) mass is 347 g/mol. The number of nitrogens with one attached hydrogen (secondary N) is 1. The summed E-state index contributed by atoms with van der Waals surface area (Å²) in [5.74, 6) is -0.0331. The summed E-state index contributed by atoms with van der Waals surface area (Å²) in [6, 6.07) is 5.95. The minimum atomic E-state index is -3.88. The molecule has 0 spiro atoms. The summed E-state index contributed by atoms with van der Waals surface area (Å²) in [7, 11) is -2.49. The largest absolute Gasteiger partial charge is 0.481 e. The lowest BCUT2D eigenvalue weighted by atomic mass is 10.2. The number of ether oxygens (including phenoxy) is 1. The van der Waals surface area contributed by atoms with Crippen molar-refractivity contribution in [3.05, 3.63) is 40.0 Å². The number of nitrogens with zero attached hydrogens (tertiary/aromatic N) is 2. The van der Waals surface area contributed by atoms with Crippen molar-refractivity contribution in [1.82, 2.24) is 9.97 Å². The predicted molar refractivity (Wildman–Crippen MR) is 80.6 cm³/mol. The molecule has 1 N–H and O–H groups in total. The SMILES string of the molecule is COc1cc(Cl)nc(NS(=O)(=O)c2cccc(Cl)c2C)n1. The molecule has 1 aromatic carbocycles. The number of hydrogen-bond donors (Lipinski definition) is 1. The van der Waals surface area contributed by atoms with Crippen molar-refractivity contribution in [3.8, 4) is 5.88 Å². The van der Waals surface area contributed by atoms with Crippen molar-refractivity contribution < 1.29 is 13.2 Å². The Bertz CT molecular complexity index is 781. The zero-order valence-electron chi connectivity index (χ0n) is 11.1. The molecule has 0 aliphatic carbocycles. The lowest BCUT2D eigenvalue weighted by molar-refractivity contribution is 0.397. The Balaban J connectivity index is 2.42. The van der Waals surface area contributed by atoms with Gasteiger partial charge in [-0.05, 0) is 24.6 Å². The topological polar surface area (TPSA) is 81.2 Å². The second-order valence-electron chi connectivity index (χ2n) is 4.03. The van der Waals surface area contributed by atoms with Gasteiger partial charge in [-0.25, -0.2) is 18.1 Å². The first kappa shape index (κ1) is 15.8. The molecule has 2 aromatic rings. The van der Waals surface area contributed by atoms with Gasteiger partial charge in [-0.15, -0.1) is 0 Å². The molecule has 0 atom stereocenters. The van der Waals surface area contributed by atoms with E-state index in [4.69, 9.17) is 27.9 Å². The average molecular weight is 348 g/mol. The first-order valence-electron chi connectivity index (χ1n) is 5.70. The highest BCUT2D eigenvalue weighted by molar-refractivity contribution is 7.92. The van der Waals surface area contributed by atoms with Crippen LogP contribution in [-0.4, -0.2) is 25.5 Å². The fourth-order valence-electron chi connectivity index (χ4n) is 1.60. The molecule has 0 saturated carbocycles. The number of aromatic nitrogens is 2. The third-order valence-corrected chi connectivity index (χ3v) is 4.69. The Hall–Kier alpha value is -1.57. The molecule has 0 aliphatic rings. The van der Waals surface area contributed by atoms with Crippen LogP contribution in [-0.2, 0) is 10.0 Å². The van der Waals surface area contributed by atoms with Crippen LogP contribution in [0.25, 0.3) is 0 Å². The summed E-state index contributed by atoms with van der Waals surface area (Å²) in [5, 5.41) is 0.407. The predicted octanol–water partition coefficient (Wildman–Crippen LogP) is 2.90. The molecule has 2 rings (SSSR count). The van der Waals surface area contributed by atoms with E-state index < -0.39 is 10.0 Å². The molecule has 0 unspecified atom stereocenters. The van der Waals surface area contributed by atoms with E-state index in [2.05, 4.69) is 14.7 Å². The van der Waals surface area contributed by atoms with Crippen molar-refractivity contribution >= 4 is 39.2 Å². The zero-order valence-corrected chi connectivity index (χ0v) is 13.4. The Kier molecular flexibility index (Phi) is 4.55. The van der Waals surface area contributed by atoms with E-state index in [0.29, 0.717) is 10.6 Å². The summed E-state index contributed by atoms with van der Waals surface area (Å²) >= 11 is 11.7. The first-order valence-corrected chi connectivity index (χ1v) is 7.94. The second kappa shape index (κ2) is 6.05. The second-order valence-corrected chi connectivity index (χ2v) is 6.47. The van der Waals surface area contributed by atoms with Crippen LogP contribution in [0.15, 0.2) is 29.2 Å². The van der Waals surface area contributed by atoms with Crippen LogP contribution in [0.1, 0.15) is 5.56 Å². The fourth-order valence-corrected chi connectivity index (χ4v) is 3.22. The number of halogens is 2. The van der Waals surface area contributed by atoms with Gasteiger partial charge in [-0.3, -0.25) is 0 Å². The molecule has 0 saturated heterocycles. The lowest BCUT2D eigenvalue weighted by Gasteiger charge is -2.10. The van der Waals surface area contributed by atoms with Crippen LogP contribution in [0.2, 0.25) is 10.2 Å². The molecular formula is C12H11Cl2N3O3S. The highest BCUT2D eigenvalue weighted by Crippen LogP contribution is 2.25. The molecule has 112 valence electrons. The molecule has 0 radical (unpaired) electrons. The number of rotatable bonds is 4. The minimum Gasteiger partial charge on any atom is -0.481 e. The van der Waals surface area contributed by atoms with Crippen molar-refractivity contribution in [2.24, 2.45) is 0 Å². The lowest BCUT2D eigenvalue weighted by Crippen LogP contribution is -2.16. The van der Waals surface area contributed by atoms with Gasteiger partial charge in [0.2, 0.25) is 11.8 Å². The molecular weight excluding hydrogens is 337 g/mol. The summed E-state index contributed by atoms with van der Waals surface area (Å²) in [5.41, 5.74) is 0.431. The summed E-state index contributed by atoms with van der Waals surface area (Å²) in [4.78, 5) is 7.71. The van der Waals surface area contributed by atoms with Crippen LogP contribution < -0.4 is 9.46 Å². The standard InChI is InChI=1S/C12H11Cl2N3O3S/c1-7-8(13)4-3-5-9(7)21(18,19)17-12-15-10(14)6-11(16-12)20-2/h3-6H,1-2H3,(H,15,16,17). The van der Waals surface area contributed by atoms with Gasteiger partial charge in [0, 0.05) is 11.1 Å². The Morgan fingerprint density at radius 1 is 1.24 bits per heavy atom. The van der Waals surface area contributed by atoms with Gasteiger partial charge >= 0.3 is 0 Å². The maximum atomic E-state index is 12.4. The summed E-state index contributed by atoms with van der Waals surface area (Å²) in [6.07, 6.45) is 0. The van der Waals surface area contributed by atoms with E-state index in [-0.39, 0.29) is 21.9 Å². The van der Waals surface area contributed by atoms with Crippen LogP contribution in [0.4, 0.5) is 5.95 Å². The van der Waals surface area contributed by atoms with Gasteiger partial charge in [-0.1, -0.05) is 29.3 Å². The average Bonchev–Trinajstić information content (AvgIpc) is 2.40. The highest BCUT2D eigenvalue weighted by atomic mass is 35.5. The number of anilines is 1. The molecule has 1 aromatic heterocycles. The van der Waals surface area contributed by atoms with Crippen LogP contribution in [0.5, 0.6) is 5.88 Å². The molecule has 0 fully saturated rings. The van der Waals surface area contributed by atoms with Crippen LogP contribution in [0.3, 0.4) is 0 Å². The summed E-state index contributed by atoms with van der Waals surface area (Å²) < 4.78 is 31.9. The van der Waals surface area contributed by atoms with E-state index in [9.17, 15) is 8.42 Å². The Morgan fingerprint density at radius 3 is 2.62 bits per heavy atom. The van der Waals surface area contributed by atoms with E-state index >= 15 is 0 Å². The molecule has 0 amide bonds. The van der Waals surface area contributed by atoms with E-state index in [1.54, 1.807) is 19.1 Å². The zero-order chi connectivity index (χ0) is 15.6. The van der Waals surface area contributed by atoms with E-state index in [1.165, 1.54) is 19.2 Å². The molecule has 21 heavy (non-hydrogen) atoms. The maximum Gasteiger partial charge on any atom is 0.264 e. The summed E-state index contributed by atoms with van der Waals surface area (Å²) in [6.45, 7) is 1.61. The number of benzene rings is 1. The Morgan fingerprint density at radius 2 is 1.95 bits per heavy atom. The van der Waals surface area contributed by atoms with Gasteiger partial charge in [0.1, 0.15) is 5.15 Å². The minimum absolute atomic E-state index is 0.0394. The van der Waals surface area contributed by atoms with Gasteiger partial charge in [0.25, 0.3) is 10.0 Å². The van der Waals surface area contributed by atoms with Crippen LogP contribution in [0, 0.1) is 6.92 Å². The number of hydrogen-bond acceptors (Lipinski definition) is 5. The molecule has 0 bridgehead atoms. The normalized spacial score (nSPS) is 11.2. The van der Waals surface area contributed by atoms with E-state index in [1.807, 2.05) is 0 Å². The quantitative estimate of drug-likeness (QED) is 0.860.